The van der Waals surface area contributed by atoms with Crippen molar-refractivity contribution in [3.8, 4) is 0 Å². The fraction of sp³-hybridized carbons (Fsp3) is 1.00. The quantitative estimate of drug-likeness (QED) is 0.732. The average Bonchev–Trinajstić information content (AvgIpc) is 1.99. The summed E-state index contributed by atoms with van der Waals surface area (Å²) in [6.45, 7) is 11.9. The van der Waals surface area contributed by atoms with Gasteiger partial charge in [-0.3, -0.25) is 4.90 Å². The minimum Gasteiger partial charge on any atom is -0.396 e. The van der Waals surface area contributed by atoms with E-state index in [4.69, 9.17) is 5.11 Å². The molecule has 14 heavy (non-hydrogen) atoms. The molecule has 1 N–H and O–H groups in total. The zero-order chi connectivity index (χ0) is 10.7. The fourth-order valence-electron chi connectivity index (χ4n) is 2.31. The van der Waals surface area contributed by atoms with E-state index >= 15 is 0 Å². The standard InChI is InChI=1S/C12H25NO/c1-9(2)11-7-13(8-11)12(5-6-14)10(3)4/h9-12,14H,5-8H2,1-4H3. The molecule has 1 rings (SSSR count). The molecule has 1 unspecified atom stereocenters. The summed E-state index contributed by atoms with van der Waals surface area (Å²) < 4.78 is 0. The van der Waals surface area contributed by atoms with Crippen molar-refractivity contribution in [3.05, 3.63) is 0 Å². The van der Waals surface area contributed by atoms with Crippen LogP contribution in [-0.2, 0) is 0 Å². The Kier molecular flexibility index (Phi) is 4.39. The number of hydrogen-bond donors (Lipinski definition) is 1. The van der Waals surface area contributed by atoms with Crippen LogP contribution >= 0.6 is 0 Å². The lowest BCUT2D eigenvalue weighted by Gasteiger charge is -2.47. The van der Waals surface area contributed by atoms with Gasteiger partial charge in [-0.1, -0.05) is 27.7 Å². The third-order valence-electron chi connectivity index (χ3n) is 3.54. The topological polar surface area (TPSA) is 23.5 Å². The molecule has 1 atom stereocenters. The maximum atomic E-state index is 9.00. The van der Waals surface area contributed by atoms with E-state index in [1.807, 2.05) is 0 Å². The molecular formula is C12H25NO. The van der Waals surface area contributed by atoms with Gasteiger partial charge < -0.3 is 5.11 Å². The lowest BCUT2D eigenvalue weighted by molar-refractivity contribution is 0.000467. The van der Waals surface area contributed by atoms with Crippen molar-refractivity contribution in [1.29, 1.82) is 0 Å². The first-order valence-electron chi connectivity index (χ1n) is 5.91. The van der Waals surface area contributed by atoms with E-state index in [-0.39, 0.29) is 0 Å². The Balaban J connectivity index is 2.34. The van der Waals surface area contributed by atoms with Crippen LogP contribution in [0.2, 0.25) is 0 Å². The second-order valence-corrected chi connectivity index (χ2v) is 5.28. The Hall–Kier alpha value is -0.0800. The molecule has 1 aliphatic heterocycles. The van der Waals surface area contributed by atoms with Gasteiger partial charge in [0.05, 0.1) is 0 Å². The summed E-state index contributed by atoms with van der Waals surface area (Å²) in [5.74, 6) is 2.36. The highest BCUT2D eigenvalue weighted by Crippen LogP contribution is 2.28. The third-order valence-corrected chi connectivity index (χ3v) is 3.54. The molecule has 0 radical (unpaired) electrons. The zero-order valence-corrected chi connectivity index (χ0v) is 10.0. The average molecular weight is 199 g/mol. The first-order chi connectivity index (χ1) is 6.56. The normalized spacial score (nSPS) is 21.6. The predicted octanol–water partition coefficient (Wildman–Crippen LogP) is 1.98. The van der Waals surface area contributed by atoms with Crippen LogP contribution in [0, 0.1) is 17.8 Å². The molecular weight excluding hydrogens is 174 g/mol. The van der Waals surface area contributed by atoms with Crippen LogP contribution in [0.5, 0.6) is 0 Å². The largest absolute Gasteiger partial charge is 0.396 e. The van der Waals surface area contributed by atoms with E-state index in [0.717, 1.165) is 18.3 Å². The fourth-order valence-corrected chi connectivity index (χ4v) is 2.31. The molecule has 0 bridgehead atoms. The minimum atomic E-state index is 0.325. The van der Waals surface area contributed by atoms with Crippen molar-refractivity contribution < 1.29 is 5.11 Å². The van der Waals surface area contributed by atoms with E-state index in [0.29, 0.717) is 18.6 Å². The third kappa shape index (κ3) is 2.71. The van der Waals surface area contributed by atoms with Crippen molar-refractivity contribution in [3.63, 3.8) is 0 Å². The molecule has 84 valence electrons. The number of rotatable bonds is 5. The zero-order valence-electron chi connectivity index (χ0n) is 10.0. The van der Waals surface area contributed by atoms with Crippen molar-refractivity contribution >= 4 is 0 Å². The van der Waals surface area contributed by atoms with Gasteiger partial charge in [0.1, 0.15) is 0 Å². The highest BCUT2D eigenvalue weighted by atomic mass is 16.3. The number of hydrogen-bond acceptors (Lipinski definition) is 2. The van der Waals surface area contributed by atoms with Crippen LogP contribution in [0.25, 0.3) is 0 Å². The predicted molar refractivity (Wildman–Crippen MR) is 60.2 cm³/mol. The van der Waals surface area contributed by atoms with Crippen LogP contribution in [0.4, 0.5) is 0 Å². The first kappa shape index (κ1) is 12.0. The number of nitrogens with zero attached hydrogens (tertiary/aromatic N) is 1. The van der Waals surface area contributed by atoms with Gasteiger partial charge in [0, 0.05) is 25.7 Å². The van der Waals surface area contributed by atoms with Gasteiger partial charge in [-0.2, -0.15) is 0 Å². The summed E-state index contributed by atoms with van der Waals surface area (Å²) in [4.78, 5) is 2.53. The highest BCUT2D eigenvalue weighted by Gasteiger charge is 2.34. The molecule has 0 aromatic rings. The molecule has 0 amide bonds. The number of aliphatic hydroxyl groups is 1. The van der Waals surface area contributed by atoms with Gasteiger partial charge in [-0.15, -0.1) is 0 Å². The Morgan fingerprint density at radius 2 is 1.79 bits per heavy atom. The van der Waals surface area contributed by atoms with Crippen molar-refractivity contribution in [2.24, 2.45) is 17.8 Å². The van der Waals surface area contributed by atoms with Gasteiger partial charge >= 0.3 is 0 Å². The van der Waals surface area contributed by atoms with Gasteiger partial charge in [-0.25, -0.2) is 0 Å². The molecule has 1 aliphatic rings. The van der Waals surface area contributed by atoms with E-state index in [1.165, 1.54) is 13.1 Å². The lowest BCUT2D eigenvalue weighted by Crippen LogP contribution is -2.55. The second-order valence-electron chi connectivity index (χ2n) is 5.28. The van der Waals surface area contributed by atoms with Crippen molar-refractivity contribution in [2.45, 2.75) is 40.2 Å². The highest BCUT2D eigenvalue weighted by molar-refractivity contribution is 4.87. The summed E-state index contributed by atoms with van der Waals surface area (Å²) in [7, 11) is 0. The number of likely N-dealkylation sites (tertiary alicyclic amines) is 1. The molecule has 0 aromatic carbocycles. The summed E-state index contributed by atoms with van der Waals surface area (Å²) in [6, 6.07) is 0.593. The molecule has 1 heterocycles. The smallest absolute Gasteiger partial charge is 0.0446 e. The monoisotopic (exact) mass is 199 g/mol. The van der Waals surface area contributed by atoms with E-state index in [1.54, 1.807) is 0 Å². The van der Waals surface area contributed by atoms with Gasteiger partial charge in [0.15, 0.2) is 0 Å². The number of aliphatic hydroxyl groups excluding tert-OH is 1. The first-order valence-corrected chi connectivity index (χ1v) is 5.91. The van der Waals surface area contributed by atoms with Gasteiger partial charge in [-0.05, 0) is 24.2 Å². The van der Waals surface area contributed by atoms with Crippen LogP contribution in [0.1, 0.15) is 34.1 Å². The van der Waals surface area contributed by atoms with E-state index in [9.17, 15) is 0 Å². The molecule has 1 saturated heterocycles. The lowest BCUT2D eigenvalue weighted by atomic mass is 9.85. The maximum Gasteiger partial charge on any atom is 0.0446 e. The molecule has 0 aromatic heterocycles. The summed E-state index contributed by atoms with van der Waals surface area (Å²) in [5.41, 5.74) is 0. The second kappa shape index (κ2) is 5.13. The molecule has 2 nitrogen and oxygen atoms in total. The van der Waals surface area contributed by atoms with Crippen molar-refractivity contribution in [2.75, 3.05) is 19.7 Å². The molecule has 0 saturated carbocycles. The Labute approximate surface area is 88.3 Å². The van der Waals surface area contributed by atoms with Gasteiger partial charge in [0.25, 0.3) is 0 Å². The van der Waals surface area contributed by atoms with Crippen LogP contribution in [-0.4, -0.2) is 35.7 Å². The summed E-state index contributed by atoms with van der Waals surface area (Å²) >= 11 is 0. The summed E-state index contributed by atoms with van der Waals surface area (Å²) in [5, 5.41) is 9.00. The minimum absolute atomic E-state index is 0.325. The van der Waals surface area contributed by atoms with E-state index in [2.05, 4.69) is 32.6 Å². The molecule has 0 spiro atoms. The Morgan fingerprint density at radius 3 is 2.14 bits per heavy atom. The van der Waals surface area contributed by atoms with Gasteiger partial charge in [0.2, 0.25) is 0 Å². The van der Waals surface area contributed by atoms with Crippen molar-refractivity contribution in [1.82, 2.24) is 4.90 Å². The van der Waals surface area contributed by atoms with Crippen LogP contribution in [0.3, 0.4) is 0 Å². The summed E-state index contributed by atoms with van der Waals surface area (Å²) in [6.07, 6.45) is 0.933. The molecule has 1 fully saturated rings. The van der Waals surface area contributed by atoms with E-state index < -0.39 is 0 Å². The van der Waals surface area contributed by atoms with Crippen LogP contribution < -0.4 is 0 Å². The SMILES string of the molecule is CC(C)C1CN(C(CCO)C(C)C)C1. The molecule has 2 heteroatoms. The Morgan fingerprint density at radius 1 is 1.21 bits per heavy atom. The Bertz CT molecular complexity index is 162. The maximum absolute atomic E-state index is 9.00. The molecule has 0 aliphatic carbocycles. The van der Waals surface area contributed by atoms with Crippen LogP contribution in [0.15, 0.2) is 0 Å².